The average molecular weight is 452 g/mol. The zero-order valence-corrected chi connectivity index (χ0v) is 20.2. The van der Waals surface area contributed by atoms with Crippen molar-refractivity contribution < 1.29 is 9.59 Å². The van der Waals surface area contributed by atoms with Gasteiger partial charge in [0.2, 0.25) is 5.91 Å². The van der Waals surface area contributed by atoms with Crippen LogP contribution in [0.5, 0.6) is 0 Å². The van der Waals surface area contributed by atoms with E-state index in [0.29, 0.717) is 11.1 Å². The van der Waals surface area contributed by atoms with E-state index in [-0.39, 0.29) is 22.3 Å². The summed E-state index contributed by atoms with van der Waals surface area (Å²) in [5, 5.41) is 2.72. The number of primary amides is 1. The van der Waals surface area contributed by atoms with Crippen LogP contribution < -0.4 is 11.1 Å². The zero-order valence-electron chi connectivity index (χ0n) is 17.9. The summed E-state index contributed by atoms with van der Waals surface area (Å²) in [4.78, 5) is 24.7. The predicted octanol–water partition coefficient (Wildman–Crippen LogP) is 4.16. The molecule has 2 aromatic carbocycles. The molecule has 1 aliphatic carbocycles. The number of nitrogens with two attached hydrogens (primary N) is 1. The van der Waals surface area contributed by atoms with E-state index in [1.165, 1.54) is 17.3 Å². The Kier molecular flexibility index (Phi) is 7.46. The van der Waals surface area contributed by atoms with E-state index in [4.69, 9.17) is 5.73 Å². The number of nitrogens with one attached hydrogen (secondary N) is 1. The van der Waals surface area contributed by atoms with E-state index in [2.05, 4.69) is 49.4 Å². The van der Waals surface area contributed by atoms with Crippen molar-refractivity contribution in [1.82, 2.24) is 5.32 Å². The molecule has 4 nitrogen and oxygen atoms in total. The van der Waals surface area contributed by atoms with Crippen molar-refractivity contribution >= 4 is 30.3 Å². The molecule has 2 aromatic rings. The Morgan fingerprint density at radius 3 is 2.42 bits per heavy atom. The molecule has 3 unspecified atom stereocenters. The van der Waals surface area contributed by atoms with Gasteiger partial charge in [-0.3, -0.25) is 9.59 Å². The number of amides is 2. The first kappa shape index (κ1) is 23.4. The van der Waals surface area contributed by atoms with Gasteiger partial charge in [-0.2, -0.15) is 0 Å². The van der Waals surface area contributed by atoms with E-state index < -0.39 is 5.91 Å². The lowest BCUT2D eigenvalue weighted by molar-refractivity contribution is -0.114. The van der Waals surface area contributed by atoms with Crippen molar-refractivity contribution in [3.63, 3.8) is 0 Å². The Hall–Kier alpha value is -2.28. The summed E-state index contributed by atoms with van der Waals surface area (Å²) in [6, 6.07) is 15.8. The molecule has 0 fully saturated rings. The fourth-order valence-corrected chi connectivity index (χ4v) is 4.44. The summed E-state index contributed by atoms with van der Waals surface area (Å²) in [6.07, 6.45) is 4.93. The maximum absolute atomic E-state index is 12.6. The lowest BCUT2D eigenvalue weighted by Gasteiger charge is -2.26. The second-order valence-corrected chi connectivity index (χ2v) is 11.8. The third-order valence-corrected chi connectivity index (χ3v) is 6.01. The van der Waals surface area contributed by atoms with Crippen molar-refractivity contribution in [2.24, 2.45) is 11.7 Å². The highest BCUT2D eigenvalue weighted by Gasteiger charge is 2.24. The molecule has 0 bridgehead atoms. The van der Waals surface area contributed by atoms with Gasteiger partial charge in [-0.1, -0.05) is 49.9 Å². The second-order valence-electron chi connectivity index (χ2n) is 8.51. The van der Waals surface area contributed by atoms with Crippen LogP contribution in [0, 0.1) is 5.92 Å². The molecule has 0 saturated heterocycles. The number of aryl methyl sites for hydroxylation is 1. The molecule has 2 amide bonds. The molecule has 1 aliphatic rings. The van der Waals surface area contributed by atoms with Crippen LogP contribution in [0.2, 0.25) is 0 Å². The van der Waals surface area contributed by atoms with Gasteiger partial charge in [0.15, 0.2) is 0 Å². The molecule has 6 heteroatoms. The fraction of sp³-hybridized carbons (Fsp3) is 0.280. The van der Waals surface area contributed by atoms with Crippen molar-refractivity contribution in [3.05, 3.63) is 94.7 Å². The maximum Gasteiger partial charge on any atom is 0.255 e. The van der Waals surface area contributed by atoms with Gasteiger partial charge < -0.3 is 11.1 Å². The number of carbonyl (C=O) groups is 2. The molecular weight excluding hydrogens is 422 g/mol. The Morgan fingerprint density at radius 2 is 1.81 bits per heavy atom. The molecule has 0 radical (unpaired) electrons. The van der Waals surface area contributed by atoms with Crippen molar-refractivity contribution in [1.29, 1.82) is 0 Å². The van der Waals surface area contributed by atoms with Crippen LogP contribution in [0.3, 0.4) is 0 Å². The summed E-state index contributed by atoms with van der Waals surface area (Å²) in [7, 11) is 5.58. The molecule has 0 heterocycles. The number of carbonyl (C=O) groups excluding carboxylic acids is 2. The van der Waals surface area contributed by atoms with Gasteiger partial charge in [-0.15, -0.1) is 18.5 Å². The van der Waals surface area contributed by atoms with Crippen molar-refractivity contribution in [2.75, 3.05) is 0 Å². The van der Waals surface area contributed by atoms with Gasteiger partial charge in [0.05, 0.1) is 5.57 Å². The van der Waals surface area contributed by atoms with Crippen molar-refractivity contribution in [3.8, 4) is 0 Å². The first-order chi connectivity index (χ1) is 14.6. The van der Waals surface area contributed by atoms with E-state index >= 15 is 0 Å². The first-order valence-electron chi connectivity index (χ1n) is 10.4. The standard InChI is InChI=1S/C25H30N2O2P2/c1-16(20-12-11-18-5-3-4-6-21(18)13-20)22(23(26)28)15-27-24(29)19-9-7-17(8-10-19)14-25(2,30)31/h3-10,15,20H,1,11-14,30-31H2,2H3,(H2,26,28)(H,27,29)/b22-15-. The molecular formula is C25H30N2O2P2. The normalized spacial score (nSPS) is 16.4. The summed E-state index contributed by atoms with van der Waals surface area (Å²) < 4.78 is 0. The molecule has 162 valence electrons. The minimum absolute atomic E-state index is 0.0168. The van der Waals surface area contributed by atoms with E-state index in [0.717, 1.165) is 31.2 Å². The summed E-state index contributed by atoms with van der Waals surface area (Å²) >= 11 is 0. The van der Waals surface area contributed by atoms with Crippen LogP contribution in [-0.2, 0) is 24.1 Å². The maximum atomic E-state index is 12.6. The van der Waals surface area contributed by atoms with Crippen LogP contribution in [0.1, 0.15) is 40.4 Å². The third-order valence-electron chi connectivity index (χ3n) is 5.60. The van der Waals surface area contributed by atoms with Crippen LogP contribution in [0.4, 0.5) is 0 Å². The Balaban J connectivity index is 1.69. The smallest absolute Gasteiger partial charge is 0.255 e. The first-order valence-corrected chi connectivity index (χ1v) is 11.5. The quantitative estimate of drug-likeness (QED) is 0.376. The topological polar surface area (TPSA) is 72.2 Å². The number of rotatable bonds is 7. The Labute approximate surface area is 189 Å². The summed E-state index contributed by atoms with van der Waals surface area (Å²) in [6.45, 7) is 6.25. The van der Waals surface area contributed by atoms with Gasteiger partial charge in [0.1, 0.15) is 0 Å². The van der Waals surface area contributed by atoms with Gasteiger partial charge in [-0.05, 0) is 66.0 Å². The highest BCUT2D eigenvalue weighted by atomic mass is 31.1. The SMILES string of the molecule is C=C(/C(=C/NC(=O)c1ccc(CC(C)(P)P)cc1)C(N)=O)C1CCc2ccccc2C1. The number of hydrogen-bond donors (Lipinski definition) is 2. The summed E-state index contributed by atoms with van der Waals surface area (Å²) in [5.74, 6) is -0.746. The molecule has 0 aliphatic heterocycles. The fourth-order valence-electron chi connectivity index (χ4n) is 3.97. The predicted molar refractivity (Wildman–Crippen MR) is 134 cm³/mol. The van der Waals surface area contributed by atoms with Crippen LogP contribution >= 0.6 is 18.5 Å². The van der Waals surface area contributed by atoms with Gasteiger partial charge in [0.25, 0.3) is 5.91 Å². The molecule has 0 saturated carbocycles. The molecule has 3 N–H and O–H groups in total. The molecule has 31 heavy (non-hydrogen) atoms. The lowest BCUT2D eigenvalue weighted by atomic mass is 9.78. The number of benzene rings is 2. The summed E-state index contributed by atoms with van der Waals surface area (Å²) in [5.41, 5.74) is 10.9. The highest BCUT2D eigenvalue weighted by Crippen LogP contribution is 2.32. The van der Waals surface area contributed by atoms with E-state index in [9.17, 15) is 9.59 Å². The number of fused-ring (bicyclic) bond motifs is 1. The Morgan fingerprint density at radius 1 is 1.16 bits per heavy atom. The van der Waals surface area contributed by atoms with E-state index in [1.54, 1.807) is 12.1 Å². The average Bonchev–Trinajstić information content (AvgIpc) is 2.72. The molecule has 3 rings (SSSR count). The number of hydrogen-bond acceptors (Lipinski definition) is 2. The minimum atomic E-state index is -0.584. The van der Waals surface area contributed by atoms with Crippen LogP contribution in [0.15, 0.2) is 72.5 Å². The minimum Gasteiger partial charge on any atom is -0.366 e. The van der Waals surface area contributed by atoms with Crippen LogP contribution in [-0.4, -0.2) is 16.7 Å². The largest absolute Gasteiger partial charge is 0.366 e. The van der Waals surface area contributed by atoms with E-state index in [1.807, 2.05) is 24.3 Å². The molecule has 0 aromatic heterocycles. The molecule has 0 spiro atoms. The van der Waals surface area contributed by atoms with Gasteiger partial charge in [0, 0.05) is 16.7 Å². The van der Waals surface area contributed by atoms with Gasteiger partial charge >= 0.3 is 0 Å². The highest BCUT2D eigenvalue weighted by molar-refractivity contribution is 7.39. The third kappa shape index (κ3) is 6.35. The van der Waals surface area contributed by atoms with Gasteiger partial charge in [-0.25, -0.2) is 0 Å². The zero-order chi connectivity index (χ0) is 22.6. The van der Waals surface area contributed by atoms with Crippen LogP contribution in [0.25, 0.3) is 0 Å². The second kappa shape index (κ2) is 9.90. The molecule has 3 atom stereocenters. The monoisotopic (exact) mass is 452 g/mol. The Bertz CT molecular complexity index is 1020. The van der Waals surface area contributed by atoms with Crippen molar-refractivity contribution in [2.45, 2.75) is 37.5 Å². The lowest BCUT2D eigenvalue weighted by Crippen LogP contribution is -2.26.